The third-order valence-electron chi connectivity index (χ3n) is 7.73. The van der Waals surface area contributed by atoms with Crippen molar-refractivity contribution in [3.05, 3.63) is 60.7 Å². The zero-order chi connectivity index (χ0) is 33.2. The Kier molecular flexibility index (Phi) is 20.0. The van der Waals surface area contributed by atoms with Crippen molar-refractivity contribution in [1.82, 2.24) is 10.6 Å². The van der Waals surface area contributed by atoms with Gasteiger partial charge in [0.05, 0.1) is 0 Å². The molecule has 0 aromatic heterocycles. The molecule has 0 aliphatic carbocycles. The van der Waals surface area contributed by atoms with Crippen LogP contribution in [0.3, 0.4) is 0 Å². The zero-order valence-corrected chi connectivity index (χ0v) is 28.4. The van der Waals surface area contributed by atoms with Gasteiger partial charge in [0, 0.05) is 37.6 Å². The Morgan fingerprint density at radius 3 is 1.20 bits per heavy atom. The van der Waals surface area contributed by atoms with Gasteiger partial charge in [-0.25, -0.2) is 0 Å². The predicted octanol–water partition coefficient (Wildman–Crippen LogP) is 7.18. The van der Waals surface area contributed by atoms with Crippen LogP contribution in [0.25, 0.3) is 0 Å². The molecule has 2 aromatic rings. The highest BCUT2D eigenvalue weighted by molar-refractivity contribution is 6.07. The summed E-state index contributed by atoms with van der Waals surface area (Å²) >= 11 is 0. The van der Waals surface area contributed by atoms with Gasteiger partial charge in [0.1, 0.15) is 0 Å². The Bertz CT molecular complexity index is 1060. The highest BCUT2D eigenvalue weighted by atomic mass is 15.4. The summed E-state index contributed by atoms with van der Waals surface area (Å²) in [5.74, 6) is 0.765. The largest absolute Gasteiger partial charge is 0.370 e. The van der Waals surface area contributed by atoms with Crippen molar-refractivity contribution in [1.29, 1.82) is 10.8 Å². The van der Waals surface area contributed by atoms with Crippen LogP contribution in [0, 0.1) is 10.8 Å². The van der Waals surface area contributed by atoms with E-state index >= 15 is 0 Å². The first-order valence-corrected chi connectivity index (χ1v) is 17.4. The Morgan fingerprint density at radius 2 is 0.870 bits per heavy atom. The van der Waals surface area contributed by atoms with E-state index in [1.54, 1.807) is 0 Å². The summed E-state index contributed by atoms with van der Waals surface area (Å²) in [6.07, 6.45) is 16.8. The molecule has 0 fully saturated rings. The van der Waals surface area contributed by atoms with Crippen molar-refractivity contribution >= 4 is 35.2 Å². The molecule has 0 aliphatic heterocycles. The quantitative estimate of drug-likeness (QED) is 0.0487. The topological polar surface area (TPSA) is 155 Å². The van der Waals surface area contributed by atoms with Crippen molar-refractivity contribution in [2.24, 2.45) is 21.5 Å². The molecule has 8 N–H and O–H groups in total. The summed E-state index contributed by atoms with van der Waals surface area (Å²) < 4.78 is 0. The van der Waals surface area contributed by atoms with Gasteiger partial charge in [-0.1, -0.05) is 127 Å². The number of anilines is 2. The fourth-order valence-corrected chi connectivity index (χ4v) is 5.26. The fraction of sp³-hybridized carbons (Fsp3) is 0.556. The highest BCUT2D eigenvalue weighted by Crippen LogP contribution is 2.18. The van der Waals surface area contributed by atoms with Gasteiger partial charge in [0.2, 0.25) is 11.9 Å². The van der Waals surface area contributed by atoms with Crippen LogP contribution in [0.2, 0.25) is 0 Å². The van der Waals surface area contributed by atoms with E-state index in [4.69, 9.17) is 32.3 Å². The maximum absolute atomic E-state index is 8.03. The van der Waals surface area contributed by atoms with E-state index in [2.05, 4.69) is 34.3 Å². The molecule has 0 unspecified atom stereocenters. The molecule has 0 amide bonds. The SMILES string of the molecule is CCCCCCCCCN=C(NC(=N)N)N(CCN(C(=NCCCCCCCCC)NC(=N)N)c1ccccc1)c1ccccc1. The van der Waals surface area contributed by atoms with Crippen LogP contribution in [0.5, 0.6) is 0 Å². The molecule has 0 atom stereocenters. The van der Waals surface area contributed by atoms with Crippen molar-refractivity contribution in [3.8, 4) is 0 Å². The Balaban J connectivity index is 2.27. The van der Waals surface area contributed by atoms with Crippen LogP contribution < -0.4 is 31.9 Å². The van der Waals surface area contributed by atoms with Crippen LogP contribution in [-0.2, 0) is 0 Å². The van der Waals surface area contributed by atoms with E-state index in [1.807, 2.05) is 60.7 Å². The number of unbranched alkanes of at least 4 members (excludes halogenated alkanes) is 12. The molecule has 0 saturated heterocycles. The Hall–Kier alpha value is -4.08. The minimum absolute atomic E-state index is 0.158. The zero-order valence-electron chi connectivity index (χ0n) is 28.4. The summed E-state index contributed by atoms with van der Waals surface area (Å²) in [7, 11) is 0. The molecule has 0 saturated carbocycles. The lowest BCUT2D eigenvalue weighted by atomic mass is 10.1. The number of nitrogens with zero attached hydrogens (tertiary/aromatic N) is 4. The molecule has 0 bridgehead atoms. The lowest BCUT2D eigenvalue weighted by Crippen LogP contribution is -2.52. The van der Waals surface area contributed by atoms with E-state index < -0.39 is 0 Å². The summed E-state index contributed by atoms with van der Waals surface area (Å²) in [6, 6.07) is 20.0. The molecule has 0 aliphatic rings. The van der Waals surface area contributed by atoms with Crippen molar-refractivity contribution < 1.29 is 0 Å². The van der Waals surface area contributed by atoms with Gasteiger partial charge in [-0.05, 0) is 37.1 Å². The molecule has 0 radical (unpaired) electrons. The van der Waals surface area contributed by atoms with Gasteiger partial charge >= 0.3 is 0 Å². The summed E-state index contributed by atoms with van der Waals surface area (Å²) in [4.78, 5) is 13.9. The maximum atomic E-state index is 8.03. The smallest absolute Gasteiger partial charge is 0.205 e. The first-order valence-electron chi connectivity index (χ1n) is 17.4. The number of para-hydroxylation sites is 2. The third kappa shape index (κ3) is 16.3. The predicted molar refractivity (Wildman–Crippen MR) is 198 cm³/mol. The second-order valence-corrected chi connectivity index (χ2v) is 11.7. The van der Waals surface area contributed by atoms with E-state index in [1.165, 1.54) is 64.2 Å². The minimum atomic E-state index is -0.158. The Morgan fingerprint density at radius 1 is 0.543 bits per heavy atom. The molecule has 254 valence electrons. The van der Waals surface area contributed by atoms with Crippen LogP contribution in [-0.4, -0.2) is 50.0 Å². The van der Waals surface area contributed by atoms with Crippen LogP contribution >= 0.6 is 0 Å². The molecule has 10 nitrogen and oxygen atoms in total. The molecular weight excluding hydrogens is 572 g/mol. The normalized spacial score (nSPS) is 11.7. The molecular formula is C36H60N10. The number of nitrogens with one attached hydrogen (secondary N) is 4. The maximum Gasteiger partial charge on any atom is 0.205 e. The number of nitrogens with two attached hydrogens (primary N) is 2. The third-order valence-corrected chi connectivity index (χ3v) is 7.73. The van der Waals surface area contributed by atoms with Crippen molar-refractivity contribution in [3.63, 3.8) is 0 Å². The van der Waals surface area contributed by atoms with E-state index in [9.17, 15) is 0 Å². The first kappa shape index (κ1) is 38.1. The van der Waals surface area contributed by atoms with E-state index in [-0.39, 0.29) is 11.9 Å². The second-order valence-electron chi connectivity index (χ2n) is 11.7. The molecule has 2 rings (SSSR count). The molecule has 0 spiro atoms. The monoisotopic (exact) mass is 633 g/mol. The summed E-state index contributed by atoms with van der Waals surface area (Å²) in [5, 5.41) is 22.1. The highest BCUT2D eigenvalue weighted by Gasteiger charge is 2.20. The summed E-state index contributed by atoms with van der Waals surface area (Å²) in [5.41, 5.74) is 13.6. The average molecular weight is 633 g/mol. The number of hydrogen-bond acceptors (Lipinski definition) is 4. The lowest BCUT2D eigenvalue weighted by Gasteiger charge is -2.32. The van der Waals surface area contributed by atoms with E-state index in [0.29, 0.717) is 38.1 Å². The molecule has 46 heavy (non-hydrogen) atoms. The van der Waals surface area contributed by atoms with Gasteiger partial charge in [-0.3, -0.25) is 31.4 Å². The standard InChI is InChI=1S/C36H60N10/c1-3-5-7-9-11-13-21-27-41-35(43-33(37)38)45(31-23-17-15-18-24-31)29-30-46(32-25-19-16-20-26-32)36(44-34(39)40)42-28-22-14-12-10-8-6-4-2/h15-20,23-26H,3-14,21-22,27-30H2,1-2H3,(H4,37,38,41,43)(H4,39,40,42,44). The van der Waals surface area contributed by atoms with Gasteiger partial charge < -0.3 is 21.3 Å². The van der Waals surface area contributed by atoms with Crippen molar-refractivity contribution in [2.45, 2.75) is 104 Å². The van der Waals surface area contributed by atoms with E-state index in [0.717, 1.165) is 37.1 Å². The van der Waals surface area contributed by atoms with Crippen LogP contribution in [0.1, 0.15) is 104 Å². The number of hydrogen-bond donors (Lipinski definition) is 6. The Labute approximate surface area is 278 Å². The molecule has 2 aromatic carbocycles. The fourth-order valence-electron chi connectivity index (χ4n) is 5.26. The van der Waals surface area contributed by atoms with Crippen molar-refractivity contribution in [2.75, 3.05) is 36.0 Å². The number of rotatable bonds is 21. The number of aliphatic imine (C=N–C) groups is 2. The van der Waals surface area contributed by atoms with Gasteiger partial charge in [-0.2, -0.15) is 0 Å². The van der Waals surface area contributed by atoms with Gasteiger partial charge in [0.15, 0.2) is 11.9 Å². The van der Waals surface area contributed by atoms with Crippen LogP contribution in [0.15, 0.2) is 70.6 Å². The number of benzene rings is 2. The average Bonchev–Trinajstić information content (AvgIpc) is 3.05. The minimum Gasteiger partial charge on any atom is -0.370 e. The molecule has 0 heterocycles. The van der Waals surface area contributed by atoms with Gasteiger partial charge in [0.25, 0.3) is 0 Å². The molecule has 10 heteroatoms. The first-order chi connectivity index (χ1) is 22.5. The van der Waals surface area contributed by atoms with Crippen LogP contribution in [0.4, 0.5) is 11.4 Å². The second kappa shape index (κ2) is 24.2. The van der Waals surface area contributed by atoms with Gasteiger partial charge in [-0.15, -0.1) is 0 Å². The summed E-state index contributed by atoms with van der Waals surface area (Å²) in [6.45, 7) is 6.77. The number of guanidine groups is 4. The lowest BCUT2D eigenvalue weighted by molar-refractivity contribution is 0.592.